The molecule has 1 unspecified atom stereocenters. The maximum Gasteiger partial charge on any atom is 0.183 e. The standard InChI is InChI=1S/C9H22O2Si/c1-6-9(2)10-7-8-11-12(3,4)5/h9H,6-8H2,1-5H3. The number of hydrogen-bond acceptors (Lipinski definition) is 2. The van der Waals surface area contributed by atoms with Crippen LogP contribution in [-0.2, 0) is 9.16 Å². The summed E-state index contributed by atoms with van der Waals surface area (Å²) in [6.45, 7) is 12.3. The highest BCUT2D eigenvalue weighted by Gasteiger charge is 2.13. The summed E-state index contributed by atoms with van der Waals surface area (Å²) in [6.07, 6.45) is 1.45. The van der Waals surface area contributed by atoms with Gasteiger partial charge in [-0.15, -0.1) is 0 Å². The number of ether oxygens (including phenoxy) is 1. The minimum Gasteiger partial charge on any atom is -0.415 e. The second-order valence-corrected chi connectivity index (χ2v) is 8.56. The molecule has 3 heteroatoms. The van der Waals surface area contributed by atoms with E-state index in [0.29, 0.717) is 6.10 Å². The lowest BCUT2D eigenvalue weighted by Gasteiger charge is -2.18. The molecule has 0 spiro atoms. The molecule has 0 fully saturated rings. The van der Waals surface area contributed by atoms with E-state index in [9.17, 15) is 0 Å². The molecule has 0 radical (unpaired) electrons. The van der Waals surface area contributed by atoms with Gasteiger partial charge in [0.15, 0.2) is 8.32 Å². The van der Waals surface area contributed by atoms with E-state index in [2.05, 4.69) is 33.5 Å². The first kappa shape index (κ1) is 12.1. The molecule has 0 aromatic carbocycles. The van der Waals surface area contributed by atoms with Crippen molar-refractivity contribution >= 4 is 8.32 Å². The van der Waals surface area contributed by atoms with E-state index in [1.54, 1.807) is 0 Å². The van der Waals surface area contributed by atoms with E-state index in [0.717, 1.165) is 19.6 Å². The molecule has 0 aliphatic carbocycles. The Morgan fingerprint density at radius 3 is 2.17 bits per heavy atom. The fourth-order valence-corrected chi connectivity index (χ4v) is 1.41. The predicted molar refractivity (Wildman–Crippen MR) is 55.0 cm³/mol. The Kier molecular flexibility index (Phi) is 5.79. The van der Waals surface area contributed by atoms with Gasteiger partial charge in [0.2, 0.25) is 0 Å². The van der Waals surface area contributed by atoms with Gasteiger partial charge in [0, 0.05) is 0 Å². The first-order valence-corrected chi connectivity index (χ1v) is 8.12. The van der Waals surface area contributed by atoms with Crippen LogP contribution in [0.4, 0.5) is 0 Å². The van der Waals surface area contributed by atoms with Crippen molar-refractivity contribution in [3.05, 3.63) is 0 Å². The van der Waals surface area contributed by atoms with Gasteiger partial charge in [-0.25, -0.2) is 0 Å². The van der Waals surface area contributed by atoms with Crippen molar-refractivity contribution in [3.63, 3.8) is 0 Å². The van der Waals surface area contributed by atoms with Crippen molar-refractivity contribution in [2.24, 2.45) is 0 Å². The van der Waals surface area contributed by atoms with E-state index in [4.69, 9.17) is 9.16 Å². The summed E-state index contributed by atoms with van der Waals surface area (Å²) in [5.41, 5.74) is 0. The summed E-state index contributed by atoms with van der Waals surface area (Å²) in [7, 11) is -1.32. The quantitative estimate of drug-likeness (QED) is 0.473. The molecule has 0 aliphatic heterocycles. The monoisotopic (exact) mass is 190 g/mol. The SMILES string of the molecule is CCC(C)OCCO[Si](C)(C)C. The summed E-state index contributed by atoms with van der Waals surface area (Å²) in [4.78, 5) is 0. The maximum atomic E-state index is 5.64. The molecule has 0 aromatic rings. The predicted octanol–water partition coefficient (Wildman–Crippen LogP) is 2.65. The van der Waals surface area contributed by atoms with E-state index in [1.165, 1.54) is 0 Å². The first-order valence-electron chi connectivity index (χ1n) is 4.71. The highest BCUT2D eigenvalue weighted by molar-refractivity contribution is 6.69. The molecule has 0 aromatic heterocycles. The average Bonchev–Trinajstić information content (AvgIpc) is 1.96. The molecule has 1 atom stereocenters. The Labute approximate surface area is 77.4 Å². The molecule has 0 bridgehead atoms. The van der Waals surface area contributed by atoms with Crippen LogP contribution in [0.2, 0.25) is 19.6 Å². The molecular formula is C9H22O2Si. The van der Waals surface area contributed by atoms with Gasteiger partial charge in [0.05, 0.1) is 19.3 Å². The van der Waals surface area contributed by atoms with Crippen LogP contribution in [0.25, 0.3) is 0 Å². The van der Waals surface area contributed by atoms with Crippen LogP contribution >= 0.6 is 0 Å². The summed E-state index contributed by atoms with van der Waals surface area (Å²) in [6, 6.07) is 0. The third-order valence-electron chi connectivity index (χ3n) is 1.60. The number of hydrogen-bond donors (Lipinski definition) is 0. The topological polar surface area (TPSA) is 18.5 Å². The second kappa shape index (κ2) is 5.73. The fourth-order valence-electron chi connectivity index (χ4n) is 0.715. The van der Waals surface area contributed by atoms with Crippen molar-refractivity contribution in [3.8, 4) is 0 Å². The first-order chi connectivity index (χ1) is 5.45. The third kappa shape index (κ3) is 8.24. The largest absolute Gasteiger partial charge is 0.415 e. The highest BCUT2D eigenvalue weighted by atomic mass is 28.4. The van der Waals surface area contributed by atoms with Crippen molar-refractivity contribution in [1.29, 1.82) is 0 Å². The summed E-state index contributed by atoms with van der Waals surface area (Å²) < 4.78 is 11.1. The lowest BCUT2D eigenvalue weighted by atomic mass is 10.3. The molecule has 0 amide bonds. The fraction of sp³-hybridized carbons (Fsp3) is 1.00. The average molecular weight is 190 g/mol. The van der Waals surface area contributed by atoms with Crippen molar-refractivity contribution in [2.45, 2.75) is 46.0 Å². The molecular weight excluding hydrogens is 168 g/mol. The zero-order chi connectivity index (χ0) is 9.61. The van der Waals surface area contributed by atoms with Crippen molar-refractivity contribution in [1.82, 2.24) is 0 Å². The van der Waals surface area contributed by atoms with Gasteiger partial charge in [-0.1, -0.05) is 6.92 Å². The van der Waals surface area contributed by atoms with E-state index < -0.39 is 8.32 Å². The zero-order valence-electron chi connectivity index (χ0n) is 9.02. The van der Waals surface area contributed by atoms with Gasteiger partial charge in [-0.2, -0.15) is 0 Å². The number of rotatable bonds is 6. The van der Waals surface area contributed by atoms with Crippen LogP contribution in [0.3, 0.4) is 0 Å². The normalized spacial score (nSPS) is 14.8. The lowest BCUT2D eigenvalue weighted by Crippen LogP contribution is -2.27. The Balaban J connectivity index is 3.22. The maximum absolute atomic E-state index is 5.64. The Bertz CT molecular complexity index is 110. The molecule has 0 N–H and O–H groups in total. The van der Waals surface area contributed by atoms with Gasteiger partial charge in [-0.05, 0) is 33.0 Å². The van der Waals surface area contributed by atoms with Crippen LogP contribution in [-0.4, -0.2) is 27.6 Å². The third-order valence-corrected chi connectivity index (χ3v) is 2.67. The smallest absolute Gasteiger partial charge is 0.183 e. The van der Waals surface area contributed by atoms with E-state index >= 15 is 0 Å². The van der Waals surface area contributed by atoms with Crippen LogP contribution in [0.5, 0.6) is 0 Å². The van der Waals surface area contributed by atoms with Gasteiger partial charge < -0.3 is 9.16 Å². The molecule has 0 rings (SSSR count). The molecule has 74 valence electrons. The Morgan fingerprint density at radius 2 is 1.75 bits per heavy atom. The van der Waals surface area contributed by atoms with E-state index in [1.807, 2.05) is 0 Å². The highest BCUT2D eigenvalue weighted by Crippen LogP contribution is 2.02. The van der Waals surface area contributed by atoms with Crippen molar-refractivity contribution < 1.29 is 9.16 Å². The molecule has 0 saturated heterocycles. The molecule has 0 saturated carbocycles. The van der Waals surface area contributed by atoms with Gasteiger partial charge in [0.25, 0.3) is 0 Å². The zero-order valence-corrected chi connectivity index (χ0v) is 10.0. The molecule has 12 heavy (non-hydrogen) atoms. The summed E-state index contributed by atoms with van der Waals surface area (Å²) in [5.74, 6) is 0. The second-order valence-electron chi connectivity index (χ2n) is 4.05. The minimum atomic E-state index is -1.32. The van der Waals surface area contributed by atoms with Crippen molar-refractivity contribution in [2.75, 3.05) is 13.2 Å². The Hall–Kier alpha value is 0.137. The molecule has 0 heterocycles. The summed E-state index contributed by atoms with van der Waals surface area (Å²) in [5, 5.41) is 0. The Morgan fingerprint density at radius 1 is 1.17 bits per heavy atom. The van der Waals surface area contributed by atoms with Gasteiger partial charge >= 0.3 is 0 Å². The van der Waals surface area contributed by atoms with Gasteiger partial charge in [-0.3, -0.25) is 0 Å². The van der Waals surface area contributed by atoms with Crippen LogP contribution in [0.1, 0.15) is 20.3 Å². The summed E-state index contributed by atoms with van der Waals surface area (Å²) >= 11 is 0. The van der Waals surface area contributed by atoms with Crippen LogP contribution < -0.4 is 0 Å². The minimum absolute atomic E-state index is 0.371. The van der Waals surface area contributed by atoms with Crippen LogP contribution in [0.15, 0.2) is 0 Å². The van der Waals surface area contributed by atoms with E-state index in [-0.39, 0.29) is 0 Å². The molecule has 2 nitrogen and oxygen atoms in total. The molecule has 0 aliphatic rings. The lowest BCUT2D eigenvalue weighted by molar-refractivity contribution is 0.0412. The van der Waals surface area contributed by atoms with Crippen LogP contribution in [0, 0.1) is 0 Å². The van der Waals surface area contributed by atoms with Gasteiger partial charge in [0.1, 0.15) is 0 Å².